The Hall–Kier alpha value is -2.16. The summed E-state index contributed by atoms with van der Waals surface area (Å²) in [6.45, 7) is 4.37. The molecule has 0 spiro atoms. The van der Waals surface area contributed by atoms with Crippen molar-refractivity contribution in [1.82, 2.24) is 0 Å². The number of hydrogen-bond acceptors (Lipinski definition) is 3. The number of anilines is 4. The van der Waals surface area contributed by atoms with Crippen molar-refractivity contribution in [2.24, 2.45) is 0 Å². The number of nitrogens with one attached hydrogen (secondary N) is 1. The second-order valence-electron chi connectivity index (χ2n) is 4.75. The van der Waals surface area contributed by atoms with Crippen molar-refractivity contribution >= 4 is 22.7 Å². The van der Waals surface area contributed by atoms with Crippen LogP contribution in [0.5, 0.6) is 0 Å². The van der Waals surface area contributed by atoms with Gasteiger partial charge in [-0.05, 0) is 41.8 Å². The first kappa shape index (κ1) is 12.3. The molecule has 0 bridgehead atoms. The zero-order valence-corrected chi connectivity index (χ0v) is 10.8. The van der Waals surface area contributed by atoms with Gasteiger partial charge in [0.1, 0.15) is 0 Å². The molecule has 2 aromatic carbocycles. The minimum atomic E-state index is 0.547. The lowest BCUT2D eigenvalue weighted by Gasteiger charge is -2.10. The molecule has 0 radical (unpaired) electrons. The van der Waals surface area contributed by atoms with Gasteiger partial charge < -0.3 is 16.8 Å². The summed E-state index contributed by atoms with van der Waals surface area (Å²) in [5.74, 6) is 0.547. The fourth-order valence-electron chi connectivity index (χ4n) is 1.77. The molecule has 0 aliphatic rings. The van der Waals surface area contributed by atoms with Gasteiger partial charge in [0, 0.05) is 11.4 Å². The average Bonchev–Trinajstić information content (AvgIpc) is 2.34. The minimum absolute atomic E-state index is 0.547. The third-order valence-electron chi connectivity index (χ3n) is 2.95. The van der Waals surface area contributed by atoms with E-state index in [1.54, 1.807) is 6.07 Å². The molecule has 0 atom stereocenters. The van der Waals surface area contributed by atoms with Crippen LogP contribution in [-0.4, -0.2) is 0 Å². The highest BCUT2D eigenvalue weighted by Gasteiger charge is 2.00. The molecule has 0 aliphatic heterocycles. The summed E-state index contributed by atoms with van der Waals surface area (Å²) in [7, 11) is 0. The highest BCUT2D eigenvalue weighted by Crippen LogP contribution is 2.24. The molecular formula is C15H19N3. The number of benzene rings is 2. The monoisotopic (exact) mass is 241 g/mol. The van der Waals surface area contributed by atoms with Gasteiger partial charge in [0.25, 0.3) is 0 Å². The van der Waals surface area contributed by atoms with Crippen molar-refractivity contribution in [3.8, 4) is 0 Å². The summed E-state index contributed by atoms with van der Waals surface area (Å²) in [6.07, 6.45) is 0. The van der Waals surface area contributed by atoms with E-state index in [2.05, 4.69) is 43.4 Å². The minimum Gasteiger partial charge on any atom is -0.397 e. The summed E-state index contributed by atoms with van der Waals surface area (Å²) in [5.41, 5.74) is 16.0. The third-order valence-corrected chi connectivity index (χ3v) is 2.95. The SMILES string of the molecule is CC(C)c1ccc(Nc2ccc(N)c(N)c2)cc1. The highest BCUT2D eigenvalue weighted by atomic mass is 14.9. The molecule has 0 unspecified atom stereocenters. The van der Waals surface area contributed by atoms with Crippen LogP contribution in [0.25, 0.3) is 0 Å². The van der Waals surface area contributed by atoms with E-state index in [0.717, 1.165) is 11.4 Å². The van der Waals surface area contributed by atoms with Crippen molar-refractivity contribution in [2.45, 2.75) is 19.8 Å². The van der Waals surface area contributed by atoms with Gasteiger partial charge in [-0.25, -0.2) is 0 Å². The van der Waals surface area contributed by atoms with E-state index < -0.39 is 0 Å². The van der Waals surface area contributed by atoms with E-state index in [1.807, 2.05) is 12.1 Å². The van der Waals surface area contributed by atoms with E-state index in [9.17, 15) is 0 Å². The lowest BCUT2D eigenvalue weighted by Crippen LogP contribution is -1.97. The van der Waals surface area contributed by atoms with Crippen LogP contribution in [-0.2, 0) is 0 Å². The van der Waals surface area contributed by atoms with Gasteiger partial charge in [-0.3, -0.25) is 0 Å². The van der Waals surface area contributed by atoms with E-state index >= 15 is 0 Å². The first-order valence-corrected chi connectivity index (χ1v) is 6.08. The molecule has 2 rings (SSSR count). The molecule has 0 fully saturated rings. The highest BCUT2D eigenvalue weighted by molar-refractivity contribution is 5.72. The molecule has 0 heterocycles. The number of rotatable bonds is 3. The topological polar surface area (TPSA) is 64.1 Å². The Morgan fingerprint density at radius 2 is 1.44 bits per heavy atom. The van der Waals surface area contributed by atoms with E-state index in [4.69, 9.17) is 11.5 Å². The van der Waals surface area contributed by atoms with Crippen LogP contribution >= 0.6 is 0 Å². The molecule has 0 amide bonds. The van der Waals surface area contributed by atoms with Gasteiger partial charge in [0.15, 0.2) is 0 Å². The Balaban J connectivity index is 2.15. The predicted molar refractivity (Wildman–Crippen MR) is 79.1 cm³/mol. The molecule has 3 heteroatoms. The van der Waals surface area contributed by atoms with Gasteiger partial charge in [-0.15, -0.1) is 0 Å². The van der Waals surface area contributed by atoms with E-state index in [1.165, 1.54) is 5.56 Å². The molecule has 0 saturated heterocycles. The lowest BCUT2D eigenvalue weighted by atomic mass is 10.0. The number of nitrogens with two attached hydrogens (primary N) is 2. The fraction of sp³-hybridized carbons (Fsp3) is 0.200. The first-order valence-electron chi connectivity index (χ1n) is 6.08. The van der Waals surface area contributed by atoms with Crippen LogP contribution < -0.4 is 16.8 Å². The summed E-state index contributed by atoms with van der Waals surface area (Å²) < 4.78 is 0. The molecule has 0 aliphatic carbocycles. The Morgan fingerprint density at radius 3 is 2.00 bits per heavy atom. The van der Waals surface area contributed by atoms with Crippen molar-refractivity contribution in [3.63, 3.8) is 0 Å². The molecule has 3 nitrogen and oxygen atoms in total. The summed E-state index contributed by atoms with van der Waals surface area (Å²) in [6, 6.07) is 14.0. The van der Waals surface area contributed by atoms with Crippen LogP contribution in [0.15, 0.2) is 42.5 Å². The Bertz CT molecular complexity index is 530. The van der Waals surface area contributed by atoms with Gasteiger partial charge >= 0.3 is 0 Å². The van der Waals surface area contributed by atoms with Crippen molar-refractivity contribution in [3.05, 3.63) is 48.0 Å². The normalized spacial score (nSPS) is 10.6. The zero-order valence-electron chi connectivity index (χ0n) is 10.8. The largest absolute Gasteiger partial charge is 0.397 e. The van der Waals surface area contributed by atoms with Gasteiger partial charge in [0.2, 0.25) is 0 Å². The smallest absolute Gasteiger partial charge is 0.0568 e. The molecule has 18 heavy (non-hydrogen) atoms. The average molecular weight is 241 g/mol. The predicted octanol–water partition coefficient (Wildman–Crippen LogP) is 3.72. The van der Waals surface area contributed by atoms with Crippen molar-refractivity contribution in [1.29, 1.82) is 0 Å². The van der Waals surface area contributed by atoms with Crippen molar-refractivity contribution in [2.75, 3.05) is 16.8 Å². The third kappa shape index (κ3) is 2.74. The zero-order chi connectivity index (χ0) is 13.1. The molecule has 5 N–H and O–H groups in total. The lowest BCUT2D eigenvalue weighted by molar-refractivity contribution is 0.867. The maximum atomic E-state index is 5.77. The summed E-state index contributed by atoms with van der Waals surface area (Å²) in [4.78, 5) is 0. The van der Waals surface area contributed by atoms with Gasteiger partial charge in [0.05, 0.1) is 11.4 Å². The molecule has 2 aromatic rings. The Morgan fingerprint density at radius 1 is 0.833 bits per heavy atom. The van der Waals surface area contributed by atoms with Crippen LogP contribution in [0.1, 0.15) is 25.3 Å². The van der Waals surface area contributed by atoms with Crippen LogP contribution in [0.4, 0.5) is 22.7 Å². The molecular weight excluding hydrogens is 222 g/mol. The van der Waals surface area contributed by atoms with E-state index in [-0.39, 0.29) is 0 Å². The van der Waals surface area contributed by atoms with Crippen LogP contribution in [0, 0.1) is 0 Å². The second-order valence-corrected chi connectivity index (χ2v) is 4.75. The van der Waals surface area contributed by atoms with Gasteiger partial charge in [-0.2, -0.15) is 0 Å². The maximum absolute atomic E-state index is 5.77. The standard InChI is InChI=1S/C15H19N3/c1-10(2)11-3-5-12(6-4-11)18-13-7-8-14(16)15(17)9-13/h3-10,18H,16-17H2,1-2H3. The molecule has 0 aromatic heterocycles. The maximum Gasteiger partial charge on any atom is 0.0568 e. The van der Waals surface area contributed by atoms with Crippen LogP contribution in [0.3, 0.4) is 0 Å². The Kier molecular flexibility index (Phi) is 3.42. The summed E-state index contributed by atoms with van der Waals surface area (Å²) in [5, 5.41) is 3.30. The van der Waals surface area contributed by atoms with Crippen molar-refractivity contribution < 1.29 is 0 Å². The van der Waals surface area contributed by atoms with E-state index in [0.29, 0.717) is 17.3 Å². The molecule has 0 saturated carbocycles. The Labute approximate surface area is 108 Å². The van der Waals surface area contributed by atoms with Gasteiger partial charge in [-0.1, -0.05) is 26.0 Å². The summed E-state index contributed by atoms with van der Waals surface area (Å²) >= 11 is 0. The second kappa shape index (κ2) is 5.00. The number of nitrogen functional groups attached to an aromatic ring is 2. The molecule has 94 valence electrons. The van der Waals surface area contributed by atoms with Crippen LogP contribution in [0.2, 0.25) is 0 Å². The number of hydrogen-bond donors (Lipinski definition) is 3. The fourth-order valence-corrected chi connectivity index (χ4v) is 1.77. The quantitative estimate of drug-likeness (QED) is 0.718. The first-order chi connectivity index (χ1) is 8.56.